The molecule has 43 heavy (non-hydrogen) atoms. The summed E-state index contributed by atoms with van der Waals surface area (Å²) in [6.07, 6.45) is 10.4. The minimum Gasteiger partial charge on any atom is -0.478 e. The Labute approximate surface area is 260 Å². The third-order valence-electron chi connectivity index (χ3n) is 6.81. The third-order valence-corrected chi connectivity index (χ3v) is 8.59. The summed E-state index contributed by atoms with van der Waals surface area (Å²) in [6.45, 7) is 6.91. The summed E-state index contributed by atoms with van der Waals surface area (Å²) in [5, 5.41) is 9.71. The lowest BCUT2D eigenvalue weighted by atomic mass is 9.86. The maximum Gasteiger partial charge on any atom is 0.337 e. The summed E-state index contributed by atoms with van der Waals surface area (Å²) >= 11 is 6.61. The van der Waals surface area contributed by atoms with Crippen molar-refractivity contribution in [2.45, 2.75) is 97.0 Å². The summed E-state index contributed by atoms with van der Waals surface area (Å²) < 4.78 is 33.8. The molecule has 0 saturated carbocycles. The fourth-order valence-electron chi connectivity index (χ4n) is 4.43. The van der Waals surface area contributed by atoms with Crippen LogP contribution in [0.3, 0.4) is 0 Å². The summed E-state index contributed by atoms with van der Waals surface area (Å²) in [5.74, 6) is -3.42. The van der Waals surface area contributed by atoms with Gasteiger partial charge < -0.3 is 15.2 Å². The average Bonchev–Trinajstić information content (AvgIpc) is 2.93. The SMILES string of the molecule is CCCCCCCCCCCCS(=O)(=O)Nc1cc(OC(Cl)(C(=O)Nc2ccccc2)C(=O)C(C)(C)C)ccc1C(=O)O. The van der Waals surface area contributed by atoms with Crippen LogP contribution in [0.4, 0.5) is 11.4 Å². The van der Waals surface area contributed by atoms with Gasteiger partial charge >= 0.3 is 11.0 Å². The molecule has 0 aliphatic rings. The third kappa shape index (κ3) is 11.8. The molecule has 1 amide bonds. The molecule has 1 unspecified atom stereocenters. The van der Waals surface area contributed by atoms with Crippen LogP contribution in [-0.4, -0.2) is 42.0 Å². The maximum absolute atomic E-state index is 13.4. The van der Waals surface area contributed by atoms with Crippen molar-refractivity contribution in [3.63, 3.8) is 0 Å². The van der Waals surface area contributed by atoms with Crippen molar-refractivity contribution in [1.29, 1.82) is 0 Å². The molecule has 2 rings (SSSR count). The highest BCUT2D eigenvalue weighted by Crippen LogP contribution is 2.34. The number of unbranched alkanes of at least 4 members (excludes halogenated alkanes) is 9. The number of carboxylic acids is 1. The van der Waals surface area contributed by atoms with Gasteiger partial charge in [0.05, 0.1) is 17.0 Å². The van der Waals surface area contributed by atoms with E-state index in [2.05, 4.69) is 17.0 Å². The van der Waals surface area contributed by atoms with E-state index in [0.29, 0.717) is 12.1 Å². The Morgan fingerprint density at radius 1 is 0.860 bits per heavy atom. The smallest absolute Gasteiger partial charge is 0.337 e. The number of amides is 1. The van der Waals surface area contributed by atoms with Gasteiger partial charge in [-0.3, -0.25) is 14.3 Å². The number of alkyl halides is 1. The molecule has 0 fully saturated rings. The van der Waals surface area contributed by atoms with Crippen molar-refractivity contribution in [3.05, 3.63) is 54.1 Å². The standard InChI is InChI=1S/C32H45ClN2O7S/c1-5-6-7-8-9-10-11-12-13-17-22-43(40,41)35-27-23-25(20-21-26(27)28(36)37)42-32(33,29(38)31(2,3)4)30(39)34-24-18-15-14-16-19-24/h14-16,18-21,23,35H,5-13,17,22H2,1-4H3,(H,34,39)(H,36,37). The van der Waals surface area contributed by atoms with Gasteiger partial charge in [-0.2, -0.15) is 0 Å². The molecule has 0 aliphatic heterocycles. The van der Waals surface area contributed by atoms with Crippen molar-refractivity contribution in [2.75, 3.05) is 15.8 Å². The van der Waals surface area contributed by atoms with Crippen LogP contribution in [0.1, 0.15) is 102 Å². The minimum atomic E-state index is -3.90. The molecule has 0 radical (unpaired) electrons. The fraction of sp³-hybridized carbons (Fsp3) is 0.531. The maximum atomic E-state index is 13.4. The zero-order valence-corrected chi connectivity index (χ0v) is 27.2. The molecular formula is C32H45ClN2O7S. The number of benzene rings is 2. The Hall–Kier alpha value is -3.11. The number of rotatable bonds is 19. The van der Waals surface area contributed by atoms with Crippen LogP contribution in [0, 0.1) is 5.41 Å². The van der Waals surface area contributed by atoms with E-state index in [0.717, 1.165) is 37.8 Å². The predicted octanol–water partition coefficient (Wildman–Crippen LogP) is 7.62. The monoisotopic (exact) mass is 636 g/mol. The number of halogens is 1. The van der Waals surface area contributed by atoms with Gasteiger partial charge in [0.15, 0.2) is 0 Å². The summed E-state index contributed by atoms with van der Waals surface area (Å²) in [6, 6.07) is 11.8. The Morgan fingerprint density at radius 3 is 1.95 bits per heavy atom. The van der Waals surface area contributed by atoms with Crippen LogP contribution in [-0.2, 0) is 19.6 Å². The highest BCUT2D eigenvalue weighted by atomic mass is 35.5. The van der Waals surface area contributed by atoms with Crippen LogP contribution < -0.4 is 14.8 Å². The van der Waals surface area contributed by atoms with Gasteiger partial charge in [-0.1, -0.05) is 115 Å². The fourth-order valence-corrected chi connectivity index (χ4v) is 6.04. The number of nitrogens with one attached hydrogen (secondary N) is 2. The lowest BCUT2D eigenvalue weighted by Crippen LogP contribution is -2.54. The van der Waals surface area contributed by atoms with Gasteiger partial charge in [-0.15, -0.1) is 0 Å². The summed E-state index contributed by atoms with van der Waals surface area (Å²) in [7, 11) is -3.90. The number of aromatic carboxylic acids is 1. The molecule has 0 aliphatic carbocycles. The lowest BCUT2D eigenvalue weighted by molar-refractivity contribution is -0.144. The molecule has 11 heteroatoms. The van der Waals surface area contributed by atoms with Crippen LogP contribution in [0.2, 0.25) is 0 Å². The highest BCUT2D eigenvalue weighted by Gasteiger charge is 2.51. The van der Waals surface area contributed by atoms with E-state index < -0.39 is 38.2 Å². The van der Waals surface area contributed by atoms with E-state index in [1.54, 1.807) is 51.1 Å². The van der Waals surface area contributed by atoms with E-state index in [1.807, 2.05) is 0 Å². The molecule has 0 aromatic heterocycles. The first kappa shape index (κ1) is 36.1. The Balaban J connectivity index is 2.16. The van der Waals surface area contributed by atoms with E-state index in [1.165, 1.54) is 38.2 Å². The lowest BCUT2D eigenvalue weighted by Gasteiger charge is -2.31. The van der Waals surface area contributed by atoms with Crippen LogP contribution in [0.5, 0.6) is 5.75 Å². The van der Waals surface area contributed by atoms with Gasteiger partial charge in [0, 0.05) is 17.2 Å². The Bertz CT molecular complexity index is 1330. The molecule has 1 atom stereocenters. The Morgan fingerprint density at radius 2 is 1.42 bits per heavy atom. The first-order valence-electron chi connectivity index (χ1n) is 14.9. The molecule has 2 aromatic carbocycles. The zero-order valence-electron chi connectivity index (χ0n) is 25.6. The number of Topliss-reactive ketones (excluding diaryl/α,β-unsaturated/α-hetero) is 1. The quantitative estimate of drug-likeness (QED) is 0.0819. The molecular weight excluding hydrogens is 592 g/mol. The van der Waals surface area contributed by atoms with Crippen LogP contribution >= 0.6 is 11.6 Å². The second-order valence-corrected chi connectivity index (χ2v) is 14.1. The van der Waals surface area contributed by atoms with Gasteiger partial charge in [-0.25, -0.2) is 13.2 Å². The van der Waals surface area contributed by atoms with Crippen molar-refractivity contribution in [2.24, 2.45) is 5.41 Å². The van der Waals surface area contributed by atoms with Crippen molar-refractivity contribution in [3.8, 4) is 5.75 Å². The van der Waals surface area contributed by atoms with E-state index in [9.17, 15) is 27.9 Å². The molecule has 9 nitrogen and oxygen atoms in total. The average molecular weight is 637 g/mol. The molecule has 0 spiro atoms. The van der Waals surface area contributed by atoms with E-state index in [-0.39, 0.29) is 22.8 Å². The normalized spacial score (nSPS) is 13.1. The second-order valence-electron chi connectivity index (χ2n) is 11.7. The van der Waals surface area contributed by atoms with Crippen molar-refractivity contribution < 1.29 is 32.6 Å². The second kappa shape index (κ2) is 16.7. The summed E-state index contributed by atoms with van der Waals surface area (Å²) in [4.78, 5) is 38.5. The minimum absolute atomic E-state index is 0.169. The molecule has 0 bridgehead atoms. The van der Waals surface area contributed by atoms with Gasteiger partial charge in [0.2, 0.25) is 15.8 Å². The predicted molar refractivity (Wildman–Crippen MR) is 171 cm³/mol. The molecule has 2 aromatic rings. The topological polar surface area (TPSA) is 139 Å². The van der Waals surface area contributed by atoms with Gasteiger partial charge in [-0.05, 0) is 30.7 Å². The number of para-hydroxylation sites is 1. The molecule has 3 N–H and O–H groups in total. The number of ketones is 1. The molecule has 0 saturated heterocycles. The zero-order chi connectivity index (χ0) is 32.1. The number of carboxylic acid groups (broad SMARTS) is 1. The number of ether oxygens (including phenoxy) is 1. The number of anilines is 2. The largest absolute Gasteiger partial charge is 0.478 e. The number of sulfonamides is 1. The number of hydrogen-bond acceptors (Lipinski definition) is 6. The van der Waals surface area contributed by atoms with E-state index in [4.69, 9.17) is 16.3 Å². The van der Waals surface area contributed by atoms with E-state index >= 15 is 0 Å². The molecule has 0 heterocycles. The Kier molecular flexibility index (Phi) is 14.0. The van der Waals surface area contributed by atoms with Gasteiger partial charge in [0.25, 0.3) is 5.91 Å². The number of hydrogen-bond donors (Lipinski definition) is 3. The van der Waals surface area contributed by atoms with Crippen molar-refractivity contribution >= 4 is 50.7 Å². The number of carbonyl (C=O) groups is 3. The van der Waals surface area contributed by atoms with Crippen LogP contribution in [0.25, 0.3) is 0 Å². The van der Waals surface area contributed by atoms with Crippen LogP contribution in [0.15, 0.2) is 48.5 Å². The molecule has 238 valence electrons. The summed E-state index contributed by atoms with van der Waals surface area (Å²) in [5.41, 5.74) is -1.31. The first-order chi connectivity index (χ1) is 20.2. The van der Waals surface area contributed by atoms with Gasteiger partial charge in [0.1, 0.15) is 5.75 Å². The number of carbonyl (C=O) groups excluding carboxylic acids is 2. The first-order valence-corrected chi connectivity index (χ1v) is 16.9. The highest BCUT2D eigenvalue weighted by molar-refractivity contribution is 7.92. The van der Waals surface area contributed by atoms with Crippen molar-refractivity contribution in [1.82, 2.24) is 0 Å².